The molecule has 1 N–H and O–H groups in total. The van der Waals surface area contributed by atoms with Crippen molar-refractivity contribution in [3.05, 3.63) is 12.7 Å². The number of nitrogens with zero attached hydrogens (tertiary/aromatic N) is 1. The van der Waals surface area contributed by atoms with E-state index in [9.17, 15) is 13.2 Å². The third-order valence-corrected chi connectivity index (χ3v) is 2.61. The van der Waals surface area contributed by atoms with Gasteiger partial charge in [0.1, 0.15) is 6.04 Å². The summed E-state index contributed by atoms with van der Waals surface area (Å²) in [4.78, 5) is 1.51. The quantitative estimate of drug-likeness (QED) is 0.729. The van der Waals surface area contributed by atoms with Crippen LogP contribution in [0.1, 0.15) is 12.8 Å². The molecule has 0 aromatic carbocycles. The molecular weight excluding hydrogens is 205 g/mol. The largest absolute Gasteiger partial charge is 0.404 e. The normalized spacial score (nSPS) is 21.3. The van der Waals surface area contributed by atoms with Crippen LogP contribution in [0.4, 0.5) is 13.2 Å². The molecule has 0 amide bonds. The molecule has 1 rings (SSSR count). The van der Waals surface area contributed by atoms with Crippen LogP contribution in [0, 0.1) is 0 Å². The number of allylic oxidation sites excluding steroid dienone is 1. The van der Waals surface area contributed by atoms with Crippen molar-refractivity contribution < 1.29 is 13.2 Å². The molecule has 0 saturated carbocycles. The first-order valence-corrected chi connectivity index (χ1v) is 5.18. The van der Waals surface area contributed by atoms with E-state index in [4.69, 9.17) is 0 Å². The molecule has 88 valence electrons. The fourth-order valence-corrected chi connectivity index (χ4v) is 1.82. The summed E-state index contributed by atoms with van der Waals surface area (Å²) in [6.45, 7) is 5.69. The second kappa shape index (κ2) is 5.51. The SMILES string of the molecule is C=CCC[C@H](N1CCNCC1)C(F)(F)F. The number of rotatable bonds is 4. The van der Waals surface area contributed by atoms with Gasteiger partial charge in [0, 0.05) is 26.2 Å². The molecule has 1 aliphatic heterocycles. The molecule has 0 aromatic rings. The summed E-state index contributed by atoms with van der Waals surface area (Å²) in [6, 6.07) is -1.31. The third kappa shape index (κ3) is 3.83. The fourth-order valence-electron chi connectivity index (χ4n) is 1.82. The fraction of sp³-hybridized carbons (Fsp3) is 0.800. The van der Waals surface area contributed by atoms with E-state index in [0.29, 0.717) is 32.6 Å². The van der Waals surface area contributed by atoms with Gasteiger partial charge in [-0.05, 0) is 12.8 Å². The number of nitrogens with one attached hydrogen (secondary N) is 1. The van der Waals surface area contributed by atoms with Crippen LogP contribution in [-0.2, 0) is 0 Å². The van der Waals surface area contributed by atoms with E-state index < -0.39 is 12.2 Å². The molecule has 1 aliphatic rings. The number of alkyl halides is 3. The molecule has 0 aliphatic carbocycles. The Morgan fingerprint density at radius 1 is 1.33 bits per heavy atom. The summed E-state index contributed by atoms with van der Waals surface area (Å²) in [6.07, 6.45) is -2.05. The van der Waals surface area contributed by atoms with Crippen LogP contribution in [-0.4, -0.2) is 43.3 Å². The Hall–Kier alpha value is -0.550. The number of halogens is 3. The zero-order chi connectivity index (χ0) is 11.3. The van der Waals surface area contributed by atoms with Crippen molar-refractivity contribution in [2.24, 2.45) is 0 Å². The Morgan fingerprint density at radius 3 is 2.40 bits per heavy atom. The molecule has 1 saturated heterocycles. The summed E-state index contributed by atoms with van der Waals surface area (Å²) in [5.41, 5.74) is 0. The highest BCUT2D eigenvalue weighted by molar-refractivity contribution is 4.84. The molecular formula is C10H17F3N2. The monoisotopic (exact) mass is 222 g/mol. The van der Waals surface area contributed by atoms with Gasteiger partial charge in [0.05, 0.1) is 0 Å². The number of hydrogen-bond donors (Lipinski definition) is 1. The third-order valence-electron chi connectivity index (χ3n) is 2.61. The Kier molecular flexibility index (Phi) is 4.60. The molecule has 15 heavy (non-hydrogen) atoms. The zero-order valence-corrected chi connectivity index (χ0v) is 8.69. The molecule has 5 heteroatoms. The summed E-state index contributed by atoms with van der Waals surface area (Å²) in [5.74, 6) is 0. The van der Waals surface area contributed by atoms with E-state index in [1.807, 2.05) is 0 Å². The smallest absolute Gasteiger partial charge is 0.314 e. The van der Waals surface area contributed by atoms with Crippen molar-refractivity contribution in [3.63, 3.8) is 0 Å². The van der Waals surface area contributed by atoms with Crippen molar-refractivity contribution in [1.82, 2.24) is 10.2 Å². The highest BCUT2D eigenvalue weighted by Crippen LogP contribution is 2.28. The predicted molar refractivity (Wildman–Crippen MR) is 53.7 cm³/mol. The van der Waals surface area contributed by atoms with Gasteiger partial charge in [0.2, 0.25) is 0 Å². The van der Waals surface area contributed by atoms with Gasteiger partial charge < -0.3 is 5.32 Å². The van der Waals surface area contributed by atoms with Crippen LogP contribution < -0.4 is 5.32 Å². The van der Waals surface area contributed by atoms with Gasteiger partial charge in [-0.2, -0.15) is 13.2 Å². The van der Waals surface area contributed by atoms with Gasteiger partial charge in [-0.3, -0.25) is 4.90 Å². The highest BCUT2D eigenvalue weighted by atomic mass is 19.4. The summed E-state index contributed by atoms with van der Waals surface area (Å²) in [5, 5.41) is 3.05. The van der Waals surface area contributed by atoms with Crippen LogP contribution in [0.5, 0.6) is 0 Å². The van der Waals surface area contributed by atoms with Crippen molar-refractivity contribution in [3.8, 4) is 0 Å². The second-order valence-electron chi connectivity index (χ2n) is 3.71. The molecule has 1 heterocycles. The maximum absolute atomic E-state index is 12.7. The van der Waals surface area contributed by atoms with Crippen LogP contribution in [0.25, 0.3) is 0 Å². The summed E-state index contributed by atoms with van der Waals surface area (Å²) >= 11 is 0. The van der Waals surface area contributed by atoms with Crippen molar-refractivity contribution in [2.45, 2.75) is 25.1 Å². The first-order chi connectivity index (χ1) is 7.05. The second-order valence-corrected chi connectivity index (χ2v) is 3.71. The summed E-state index contributed by atoms with van der Waals surface area (Å²) < 4.78 is 38.2. The van der Waals surface area contributed by atoms with Crippen LogP contribution >= 0.6 is 0 Å². The standard InChI is InChI=1S/C10H17F3N2/c1-2-3-4-9(10(11,12)13)15-7-5-14-6-8-15/h2,9,14H,1,3-8H2/t9-/m0/s1. The molecule has 0 spiro atoms. The Bertz CT molecular complexity index is 197. The van der Waals surface area contributed by atoms with Crippen LogP contribution in [0.2, 0.25) is 0 Å². The van der Waals surface area contributed by atoms with Gasteiger partial charge >= 0.3 is 6.18 Å². The van der Waals surface area contributed by atoms with Crippen LogP contribution in [0.3, 0.4) is 0 Å². The minimum absolute atomic E-state index is 0.118. The lowest BCUT2D eigenvalue weighted by atomic mass is 10.1. The highest BCUT2D eigenvalue weighted by Gasteiger charge is 2.42. The van der Waals surface area contributed by atoms with E-state index in [-0.39, 0.29) is 6.42 Å². The molecule has 1 atom stereocenters. The first-order valence-electron chi connectivity index (χ1n) is 5.18. The molecule has 0 radical (unpaired) electrons. The van der Waals surface area contributed by atoms with Crippen LogP contribution in [0.15, 0.2) is 12.7 Å². The van der Waals surface area contributed by atoms with Crippen molar-refractivity contribution in [1.29, 1.82) is 0 Å². The Balaban J connectivity index is 2.57. The van der Waals surface area contributed by atoms with Gasteiger partial charge in [-0.15, -0.1) is 6.58 Å². The van der Waals surface area contributed by atoms with Gasteiger partial charge in [-0.25, -0.2) is 0 Å². The molecule has 2 nitrogen and oxygen atoms in total. The van der Waals surface area contributed by atoms with E-state index in [2.05, 4.69) is 11.9 Å². The Labute approximate surface area is 88.1 Å². The van der Waals surface area contributed by atoms with E-state index in [1.165, 1.54) is 4.90 Å². The topological polar surface area (TPSA) is 15.3 Å². The summed E-state index contributed by atoms with van der Waals surface area (Å²) in [7, 11) is 0. The van der Waals surface area contributed by atoms with Gasteiger partial charge in [0.25, 0.3) is 0 Å². The molecule has 0 aromatic heterocycles. The van der Waals surface area contributed by atoms with E-state index in [0.717, 1.165) is 0 Å². The molecule has 0 bridgehead atoms. The van der Waals surface area contributed by atoms with Gasteiger partial charge in [0.15, 0.2) is 0 Å². The van der Waals surface area contributed by atoms with Crippen molar-refractivity contribution in [2.75, 3.05) is 26.2 Å². The van der Waals surface area contributed by atoms with E-state index in [1.54, 1.807) is 6.08 Å². The lowest BCUT2D eigenvalue weighted by Gasteiger charge is -2.35. The average Bonchev–Trinajstić information content (AvgIpc) is 2.18. The predicted octanol–water partition coefficient (Wildman–Crippen LogP) is 1.79. The minimum atomic E-state index is -4.12. The first kappa shape index (κ1) is 12.5. The lowest BCUT2D eigenvalue weighted by Crippen LogP contribution is -2.53. The lowest BCUT2D eigenvalue weighted by molar-refractivity contribution is -0.186. The average molecular weight is 222 g/mol. The van der Waals surface area contributed by atoms with Crippen molar-refractivity contribution >= 4 is 0 Å². The van der Waals surface area contributed by atoms with E-state index >= 15 is 0 Å². The molecule has 0 unspecified atom stereocenters. The molecule has 1 fully saturated rings. The minimum Gasteiger partial charge on any atom is -0.314 e. The Morgan fingerprint density at radius 2 is 1.93 bits per heavy atom. The zero-order valence-electron chi connectivity index (χ0n) is 8.69. The maximum atomic E-state index is 12.7. The number of piperazine rings is 1. The van der Waals surface area contributed by atoms with Gasteiger partial charge in [-0.1, -0.05) is 6.08 Å². The maximum Gasteiger partial charge on any atom is 0.404 e. The number of hydrogen-bond acceptors (Lipinski definition) is 2.